The number of anilines is 1. The smallest absolute Gasteiger partial charge is 0.270 e. The molecule has 2 aromatic rings. The van der Waals surface area contributed by atoms with E-state index in [1.807, 2.05) is 22.8 Å². The molecule has 0 radical (unpaired) electrons. The van der Waals surface area contributed by atoms with Gasteiger partial charge in [-0.3, -0.25) is 14.5 Å². The number of fused-ring (bicyclic) bond motifs is 1. The second-order valence-corrected chi connectivity index (χ2v) is 8.81. The van der Waals surface area contributed by atoms with E-state index >= 15 is 0 Å². The van der Waals surface area contributed by atoms with Crippen molar-refractivity contribution in [2.75, 3.05) is 38.0 Å². The zero-order valence-corrected chi connectivity index (χ0v) is 19.2. The molecule has 0 bridgehead atoms. The van der Waals surface area contributed by atoms with Gasteiger partial charge in [0, 0.05) is 77.5 Å². The van der Waals surface area contributed by atoms with Crippen LogP contribution in [-0.4, -0.2) is 91.1 Å². The highest BCUT2D eigenvalue weighted by Gasteiger charge is 2.23. The van der Waals surface area contributed by atoms with Crippen LogP contribution in [0.1, 0.15) is 41.6 Å². The molecule has 0 aromatic carbocycles. The summed E-state index contributed by atoms with van der Waals surface area (Å²) in [5, 5.41) is 16.5. The molecule has 11 nitrogen and oxygen atoms in total. The van der Waals surface area contributed by atoms with Gasteiger partial charge in [-0.15, -0.1) is 0 Å². The molecule has 178 valence electrons. The summed E-state index contributed by atoms with van der Waals surface area (Å²) in [5.41, 5.74) is 2.54. The van der Waals surface area contributed by atoms with Crippen LogP contribution in [0.5, 0.6) is 0 Å². The highest BCUT2D eigenvalue weighted by atomic mass is 16.3. The molecule has 0 saturated carbocycles. The molecule has 33 heavy (non-hydrogen) atoms. The molecular weight excluding hydrogens is 424 g/mol. The summed E-state index contributed by atoms with van der Waals surface area (Å²) in [6.07, 6.45) is 5.04. The fourth-order valence-corrected chi connectivity index (χ4v) is 4.44. The van der Waals surface area contributed by atoms with Gasteiger partial charge in [-0.05, 0) is 12.8 Å². The summed E-state index contributed by atoms with van der Waals surface area (Å²) < 4.78 is 2.04. The van der Waals surface area contributed by atoms with Gasteiger partial charge in [0.25, 0.3) is 5.91 Å². The molecule has 3 N–H and O–H groups in total. The van der Waals surface area contributed by atoms with Gasteiger partial charge in [-0.1, -0.05) is 0 Å². The molecule has 4 heterocycles. The number of likely N-dealkylation sites (tertiary alicyclic amines) is 1. The molecule has 1 atom stereocenters. The predicted octanol–water partition coefficient (Wildman–Crippen LogP) is -0.218. The number of imidazole rings is 1. The van der Waals surface area contributed by atoms with E-state index < -0.39 is 6.10 Å². The van der Waals surface area contributed by atoms with E-state index in [-0.39, 0.29) is 30.1 Å². The van der Waals surface area contributed by atoms with Crippen molar-refractivity contribution >= 4 is 17.6 Å². The highest BCUT2D eigenvalue weighted by molar-refractivity contribution is 5.92. The first-order valence-corrected chi connectivity index (χ1v) is 11.4. The summed E-state index contributed by atoms with van der Waals surface area (Å²) in [6, 6.07) is 1.81. The Morgan fingerprint density at radius 1 is 1.21 bits per heavy atom. The third-order valence-electron chi connectivity index (χ3n) is 6.34. The van der Waals surface area contributed by atoms with Crippen LogP contribution in [0.2, 0.25) is 0 Å². The summed E-state index contributed by atoms with van der Waals surface area (Å²) >= 11 is 0. The third-order valence-corrected chi connectivity index (χ3v) is 6.34. The van der Waals surface area contributed by atoms with Gasteiger partial charge in [0.05, 0.1) is 18.1 Å². The van der Waals surface area contributed by atoms with Crippen molar-refractivity contribution in [1.82, 2.24) is 34.6 Å². The summed E-state index contributed by atoms with van der Waals surface area (Å²) in [5.74, 6) is 0.325. The van der Waals surface area contributed by atoms with Gasteiger partial charge >= 0.3 is 0 Å². The number of β-amino-alcohol motifs (C(OH)–C–C–N with tert-alkyl or cyclic N) is 1. The van der Waals surface area contributed by atoms with Crippen LogP contribution >= 0.6 is 0 Å². The largest absolute Gasteiger partial charge is 0.390 e. The zero-order chi connectivity index (χ0) is 23.4. The first-order valence-electron chi connectivity index (χ1n) is 11.4. The number of aliphatic hydroxyl groups excluding tert-OH is 1. The minimum absolute atomic E-state index is 0.0957. The fourth-order valence-electron chi connectivity index (χ4n) is 4.44. The Labute approximate surface area is 193 Å². The quantitative estimate of drug-likeness (QED) is 0.522. The number of rotatable bonds is 7. The van der Waals surface area contributed by atoms with Crippen molar-refractivity contribution in [3.8, 4) is 0 Å². The molecule has 2 amide bonds. The number of nitrogens with one attached hydrogen (secondary N) is 2. The number of aliphatic hydroxyl groups is 1. The SMILES string of the molecule is CC(=O)N1CCC(Nc2cc(C(=O)NCC(O)CN3CCc4c(ncn4C)C3)ncn2)CC1. The number of carbonyl (C=O) groups is 2. The maximum atomic E-state index is 12.6. The number of aryl methyl sites for hydroxylation is 1. The minimum atomic E-state index is -0.690. The summed E-state index contributed by atoms with van der Waals surface area (Å²) in [6.45, 7) is 5.16. The van der Waals surface area contributed by atoms with E-state index in [2.05, 4.69) is 30.5 Å². The van der Waals surface area contributed by atoms with Crippen molar-refractivity contribution in [3.63, 3.8) is 0 Å². The summed E-state index contributed by atoms with van der Waals surface area (Å²) in [4.78, 5) is 40.7. The second-order valence-electron chi connectivity index (χ2n) is 8.81. The predicted molar refractivity (Wildman–Crippen MR) is 121 cm³/mol. The normalized spacial score (nSPS) is 18.0. The molecule has 2 aliphatic rings. The topological polar surface area (TPSA) is 129 Å². The van der Waals surface area contributed by atoms with Crippen LogP contribution in [0.25, 0.3) is 0 Å². The van der Waals surface area contributed by atoms with E-state index in [4.69, 9.17) is 0 Å². The number of carbonyl (C=O) groups excluding carboxylic acids is 2. The molecule has 11 heteroatoms. The molecule has 0 spiro atoms. The second kappa shape index (κ2) is 10.3. The maximum Gasteiger partial charge on any atom is 0.270 e. The minimum Gasteiger partial charge on any atom is -0.390 e. The maximum absolute atomic E-state index is 12.6. The lowest BCUT2D eigenvalue weighted by atomic mass is 10.1. The van der Waals surface area contributed by atoms with Crippen molar-refractivity contribution < 1.29 is 14.7 Å². The van der Waals surface area contributed by atoms with Crippen molar-refractivity contribution in [1.29, 1.82) is 0 Å². The van der Waals surface area contributed by atoms with Crippen LogP contribution in [0.4, 0.5) is 5.82 Å². The lowest BCUT2D eigenvalue weighted by Gasteiger charge is -2.31. The Morgan fingerprint density at radius 3 is 2.76 bits per heavy atom. The van der Waals surface area contributed by atoms with E-state index in [0.29, 0.717) is 32.0 Å². The number of hydrogen-bond acceptors (Lipinski definition) is 8. The van der Waals surface area contributed by atoms with Crippen LogP contribution in [-0.2, 0) is 24.8 Å². The average Bonchev–Trinajstić information content (AvgIpc) is 3.18. The average molecular weight is 457 g/mol. The number of aromatic nitrogens is 4. The number of piperidine rings is 1. The molecule has 2 aromatic heterocycles. The standard InChI is InChI=1S/C22H32N8O3/c1-15(31)30-7-3-16(4-8-30)27-21-9-18(24-13-25-21)22(33)23-10-17(32)11-29-6-5-20-19(12-29)26-14-28(20)2/h9,13-14,16-17,32H,3-8,10-12H2,1-2H3,(H,23,33)(H,24,25,27). The Kier molecular flexibility index (Phi) is 7.19. The Morgan fingerprint density at radius 2 is 2.00 bits per heavy atom. The van der Waals surface area contributed by atoms with Gasteiger partial charge in [0.2, 0.25) is 5.91 Å². The van der Waals surface area contributed by atoms with E-state index in [0.717, 1.165) is 31.5 Å². The number of nitrogens with zero attached hydrogens (tertiary/aromatic N) is 6. The molecule has 1 unspecified atom stereocenters. The van der Waals surface area contributed by atoms with Crippen molar-refractivity contribution in [3.05, 3.63) is 35.8 Å². The zero-order valence-electron chi connectivity index (χ0n) is 19.2. The van der Waals surface area contributed by atoms with Crippen molar-refractivity contribution in [2.24, 2.45) is 7.05 Å². The Balaban J connectivity index is 1.23. The number of hydrogen-bond donors (Lipinski definition) is 3. The Bertz CT molecular complexity index is 986. The van der Waals surface area contributed by atoms with E-state index in [1.54, 1.807) is 13.0 Å². The van der Waals surface area contributed by atoms with Gasteiger partial charge in [0.15, 0.2) is 0 Å². The van der Waals surface area contributed by atoms with Gasteiger partial charge in [-0.2, -0.15) is 0 Å². The molecular formula is C22H32N8O3. The molecule has 4 rings (SSSR count). The van der Waals surface area contributed by atoms with Crippen molar-refractivity contribution in [2.45, 2.75) is 44.9 Å². The van der Waals surface area contributed by atoms with Gasteiger partial charge in [-0.25, -0.2) is 15.0 Å². The van der Waals surface area contributed by atoms with Crippen LogP contribution < -0.4 is 10.6 Å². The first-order chi connectivity index (χ1) is 15.9. The molecule has 1 saturated heterocycles. The first kappa shape index (κ1) is 23.1. The van der Waals surface area contributed by atoms with Crippen LogP contribution in [0.15, 0.2) is 18.7 Å². The fraction of sp³-hybridized carbons (Fsp3) is 0.591. The lowest BCUT2D eigenvalue weighted by Crippen LogP contribution is -2.42. The monoisotopic (exact) mass is 456 g/mol. The summed E-state index contributed by atoms with van der Waals surface area (Å²) in [7, 11) is 2.00. The molecule has 1 fully saturated rings. The van der Waals surface area contributed by atoms with Crippen LogP contribution in [0, 0.1) is 0 Å². The van der Waals surface area contributed by atoms with E-state index in [1.165, 1.54) is 12.0 Å². The lowest BCUT2D eigenvalue weighted by molar-refractivity contribution is -0.129. The molecule has 0 aliphatic carbocycles. The van der Waals surface area contributed by atoms with E-state index in [9.17, 15) is 14.7 Å². The van der Waals surface area contributed by atoms with Crippen LogP contribution in [0.3, 0.4) is 0 Å². The van der Waals surface area contributed by atoms with Gasteiger partial charge < -0.3 is 25.2 Å². The highest BCUT2D eigenvalue weighted by Crippen LogP contribution is 2.17. The Hall–Kier alpha value is -3.05. The third kappa shape index (κ3) is 5.85. The molecule has 2 aliphatic heterocycles. The van der Waals surface area contributed by atoms with Gasteiger partial charge in [0.1, 0.15) is 17.8 Å². The number of amides is 2.